The van der Waals surface area contributed by atoms with Crippen molar-refractivity contribution in [1.82, 2.24) is 0 Å². The van der Waals surface area contributed by atoms with Crippen LogP contribution in [-0.2, 0) is 5.54 Å². The number of rotatable bonds is 1. The van der Waals surface area contributed by atoms with Crippen molar-refractivity contribution < 1.29 is 9.47 Å². The molecule has 1 saturated carbocycles. The third-order valence-electron chi connectivity index (χ3n) is 3.75. The van der Waals surface area contributed by atoms with E-state index >= 15 is 0 Å². The third kappa shape index (κ3) is 1.31. The lowest BCUT2D eigenvalue weighted by Gasteiger charge is -2.25. The number of ether oxygens (including phenoxy) is 2. The lowest BCUT2D eigenvalue weighted by Crippen LogP contribution is -2.33. The predicted molar refractivity (Wildman–Crippen MR) is 61.6 cm³/mol. The lowest BCUT2D eigenvalue weighted by atomic mass is 9.88. The van der Waals surface area contributed by atoms with Crippen LogP contribution in [0.1, 0.15) is 36.8 Å². The lowest BCUT2D eigenvalue weighted by molar-refractivity contribution is 0.171. The van der Waals surface area contributed by atoms with Crippen molar-refractivity contribution in [3.63, 3.8) is 0 Å². The van der Waals surface area contributed by atoms with Crippen LogP contribution >= 0.6 is 0 Å². The second kappa shape index (κ2) is 3.39. The Labute approximate surface area is 95.5 Å². The van der Waals surface area contributed by atoms with Crippen LogP contribution in [0.5, 0.6) is 11.5 Å². The first kappa shape index (κ1) is 9.97. The van der Waals surface area contributed by atoms with E-state index in [9.17, 15) is 0 Å². The van der Waals surface area contributed by atoms with Gasteiger partial charge in [-0.1, -0.05) is 25.0 Å². The van der Waals surface area contributed by atoms with Gasteiger partial charge in [0.2, 0.25) is 6.79 Å². The molecule has 1 aliphatic carbocycles. The highest BCUT2D eigenvalue weighted by Gasteiger charge is 2.36. The maximum atomic E-state index is 6.47. The van der Waals surface area contributed by atoms with Crippen LogP contribution in [0.15, 0.2) is 12.1 Å². The van der Waals surface area contributed by atoms with Gasteiger partial charge in [0.25, 0.3) is 0 Å². The molecule has 0 radical (unpaired) electrons. The summed E-state index contributed by atoms with van der Waals surface area (Å²) in [6, 6.07) is 4.18. The summed E-state index contributed by atoms with van der Waals surface area (Å²) in [5.74, 6) is 1.76. The minimum absolute atomic E-state index is 0.203. The van der Waals surface area contributed by atoms with Gasteiger partial charge in [0.1, 0.15) is 0 Å². The van der Waals surface area contributed by atoms with E-state index in [4.69, 9.17) is 15.2 Å². The predicted octanol–water partition coefficient (Wildman–Crippen LogP) is 2.45. The molecule has 0 atom stereocenters. The monoisotopic (exact) mass is 219 g/mol. The first-order chi connectivity index (χ1) is 7.71. The van der Waals surface area contributed by atoms with Gasteiger partial charge in [-0.2, -0.15) is 0 Å². The molecule has 3 nitrogen and oxygen atoms in total. The van der Waals surface area contributed by atoms with Crippen molar-refractivity contribution in [2.24, 2.45) is 5.73 Å². The van der Waals surface area contributed by atoms with Gasteiger partial charge in [-0.3, -0.25) is 0 Å². The number of aryl methyl sites for hydroxylation is 1. The summed E-state index contributed by atoms with van der Waals surface area (Å²) in [5, 5.41) is 0. The maximum Gasteiger partial charge on any atom is 0.231 e. The van der Waals surface area contributed by atoms with Gasteiger partial charge in [0.15, 0.2) is 11.5 Å². The van der Waals surface area contributed by atoms with Gasteiger partial charge in [-0.05, 0) is 25.3 Å². The molecule has 2 aliphatic rings. The number of benzene rings is 1. The quantitative estimate of drug-likeness (QED) is 0.789. The number of nitrogens with two attached hydrogens (primary N) is 1. The van der Waals surface area contributed by atoms with Crippen molar-refractivity contribution in [3.8, 4) is 11.5 Å². The molecule has 1 aromatic carbocycles. The molecule has 2 N–H and O–H groups in total. The van der Waals surface area contributed by atoms with Crippen molar-refractivity contribution in [1.29, 1.82) is 0 Å². The van der Waals surface area contributed by atoms with E-state index in [-0.39, 0.29) is 5.54 Å². The Morgan fingerprint density at radius 1 is 1.12 bits per heavy atom. The molecule has 86 valence electrons. The molecule has 1 aromatic rings. The zero-order valence-corrected chi connectivity index (χ0v) is 9.58. The van der Waals surface area contributed by atoms with Crippen LogP contribution in [0.2, 0.25) is 0 Å². The molecule has 0 unspecified atom stereocenters. The smallest absolute Gasteiger partial charge is 0.231 e. The summed E-state index contributed by atoms with van der Waals surface area (Å²) in [6.45, 7) is 2.36. The van der Waals surface area contributed by atoms with Crippen LogP contribution in [0.4, 0.5) is 0 Å². The summed E-state index contributed by atoms with van der Waals surface area (Å²) in [4.78, 5) is 0. The molecule has 0 bridgehead atoms. The van der Waals surface area contributed by atoms with Gasteiger partial charge < -0.3 is 15.2 Å². The summed E-state index contributed by atoms with van der Waals surface area (Å²) < 4.78 is 11.1. The van der Waals surface area contributed by atoms with E-state index in [1.165, 1.54) is 12.8 Å². The Balaban J connectivity index is 2.11. The van der Waals surface area contributed by atoms with Crippen LogP contribution < -0.4 is 15.2 Å². The van der Waals surface area contributed by atoms with E-state index in [0.717, 1.165) is 35.5 Å². The molecule has 16 heavy (non-hydrogen) atoms. The SMILES string of the molecule is Cc1ccc(C2(N)CCCC2)c2c1OCO2. The zero-order valence-electron chi connectivity index (χ0n) is 9.58. The van der Waals surface area contributed by atoms with Gasteiger partial charge in [-0.15, -0.1) is 0 Å². The third-order valence-corrected chi connectivity index (χ3v) is 3.75. The van der Waals surface area contributed by atoms with Crippen molar-refractivity contribution in [2.45, 2.75) is 38.1 Å². The molecular formula is C13H17NO2. The highest BCUT2D eigenvalue weighted by Crippen LogP contribution is 2.47. The molecule has 3 rings (SSSR count). The van der Waals surface area contributed by atoms with Gasteiger partial charge in [0.05, 0.1) is 0 Å². The average molecular weight is 219 g/mol. The Hall–Kier alpha value is -1.22. The molecule has 0 amide bonds. The molecule has 1 fully saturated rings. The van der Waals surface area contributed by atoms with Crippen LogP contribution in [0, 0.1) is 6.92 Å². The van der Waals surface area contributed by atoms with E-state index in [2.05, 4.69) is 12.1 Å². The zero-order chi connectivity index (χ0) is 11.2. The fourth-order valence-electron chi connectivity index (χ4n) is 2.80. The van der Waals surface area contributed by atoms with E-state index in [0.29, 0.717) is 6.79 Å². The normalized spacial score (nSPS) is 21.4. The molecule has 3 heteroatoms. The Morgan fingerprint density at radius 2 is 1.81 bits per heavy atom. The number of hydrogen-bond donors (Lipinski definition) is 1. The number of fused-ring (bicyclic) bond motifs is 1. The molecule has 0 saturated heterocycles. The molecule has 0 aromatic heterocycles. The van der Waals surface area contributed by atoms with Crippen LogP contribution in [-0.4, -0.2) is 6.79 Å². The van der Waals surface area contributed by atoms with Gasteiger partial charge >= 0.3 is 0 Å². The average Bonchev–Trinajstić information content (AvgIpc) is 2.88. The highest BCUT2D eigenvalue weighted by atomic mass is 16.7. The van der Waals surface area contributed by atoms with Crippen molar-refractivity contribution in [2.75, 3.05) is 6.79 Å². The first-order valence-electron chi connectivity index (χ1n) is 5.89. The molecular weight excluding hydrogens is 202 g/mol. The van der Waals surface area contributed by atoms with E-state index in [1.807, 2.05) is 6.92 Å². The second-order valence-corrected chi connectivity index (χ2v) is 4.86. The topological polar surface area (TPSA) is 44.5 Å². The fraction of sp³-hybridized carbons (Fsp3) is 0.538. The standard InChI is InChI=1S/C13H17NO2/c1-9-4-5-10(12-11(9)15-8-16-12)13(14)6-2-3-7-13/h4-5H,2-3,6-8,14H2,1H3. The van der Waals surface area contributed by atoms with Crippen molar-refractivity contribution in [3.05, 3.63) is 23.3 Å². The summed E-state index contributed by atoms with van der Waals surface area (Å²) in [6.07, 6.45) is 4.51. The van der Waals surface area contributed by atoms with E-state index < -0.39 is 0 Å². The van der Waals surface area contributed by atoms with Crippen LogP contribution in [0.25, 0.3) is 0 Å². The van der Waals surface area contributed by atoms with E-state index in [1.54, 1.807) is 0 Å². The van der Waals surface area contributed by atoms with Gasteiger partial charge in [-0.25, -0.2) is 0 Å². The summed E-state index contributed by atoms with van der Waals surface area (Å²) in [5.41, 5.74) is 8.52. The summed E-state index contributed by atoms with van der Waals surface area (Å²) in [7, 11) is 0. The fourth-order valence-corrected chi connectivity index (χ4v) is 2.80. The van der Waals surface area contributed by atoms with Crippen molar-refractivity contribution >= 4 is 0 Å². The minimum atomic E-state index is -0.203. The summed E-state index contributed by atoms with van der Waals surface area (Å²) >= 11 is 0. The van der Waals surface area contributed by atoms with Crippen LogP contribution in [0.3, 0.4) is 0 Å². The molecule has 1 aliphatic heterocycles. The Bertz CT molecular complexity index is 422. The van der Waals surface area contributed by atoms with Gasteiger partial charge in [0, 0.05) is 11.1 Å². The molecule has 0 spiro atoms. The Kier molecular flexibility index (Phi) is 2.11. The molecule has 1 heterocycles. The first-order valence-corrected chi connectivity index (χ1v) is 5.89. The maximum absolute atomic E-state index is 6.47. The largest absolute Gasteiger partial charge is 0.453 e. The highest BCUT2D eigenvalue weighted by molar-refractivity contribution is 5.55. The minimum Gasteiger partial charge on any atom is -0.453 e. The number of hydrogen-bond acceptors (Lipinski definition) is 3. The second-order valence-electron chi connectivity index (χ2n) is 4.86. The Morgan fingerprint density at radius 3 is 2.56 bits per heavy atom.